The van der Waals surface area contributed by atoms with Crippen molar-refractivity contribution in [3.8, 4) is 5.88 Å². The molecular formula is C12H17ClN4OS. The first-order valence-corrected chi connectivity index (χ1v) is 7.66. The fraction of sp³-hybridized carbons (Fsp3) is 0.500. The summed E-state index contributed by atoms with van der Waals surface area (Å²) in [4.78, 5) is 10.5. The number of pyridine rings is 1. The summed E-state index contributed by atoms with van der Waals surface area (Å²) >= 11 is 7.68. The Balaban J connectivity index is 1.71. The minimum atomic E-state index is 0.456. The molecule has 0 aromatic carbocycles. The van der Waals surface area contributed by atoms with Gasteiger partial charge in [-0.25, -0.2) is 9.98 Å². The third kappa shape index (κ3) is 4.80. The molecule has 1 aliphatic rings. The van der Waals surface area contributed by atoms with Crippen molar-refractivity contribution >= 4 is 29.3 Å². The van der Waals surface area contributed by atoms with E-state index in [1.54, 1.807) is 18.3 Å². The predicted octanol–water partition coefficient (Wildman–Crippen LogP) is 1.48. The Morgan fingerprint density at radius 2 is 2.26 bits per heavy atom. The van der Waals surface area contributed by atoms with Gasteiger partial charge in [0.05, 0.1) is 11.6 Å². The fourth-order valence-electron chi connectivity index (χ4n) is 1.65. The van der Waals surface area contributed by atoms with Gasteiger partial charge in [-0.3, -0.25) is 0 Å². The SMILES string of the molecule is NC(=NCCOc1ccc(Cl)cn1)N1CCSCC1. The fourth-order valence-corrected chi connectivity index (χ4v) is 2.67. The average Bonchev–Trinajstić information content (AvgIpc) is 2.46. The molecule has 1 saturated heterocycles. The van der Waals surface area contributed by atoms with Gasteiger partial charge in [-0.05, 0) is 6.07 Å². The van der Waals surface area contributed by atoms with E-state index in [1.165, 1.54) is 0 Å². The largest absolute Gasteiger partial charge is 0.476 e. The molecule has 0 radical (unpaired) electrons. The van der Waals surface area contributed by atoms with E-state index >= 15 is 0 Å². The van der Waals surface area contributed by atoms with Crippen LogP contribution in [0.3, 0.4) is 0 Å². The van der Waals surface area contributed by atoms with Crippen LogP contribution in [0.25, 0.3) is 0 Å². The highest BCUT2D eigenvalue weighted by Crippen LogP contribution is 2.11. The zero-order chi connectivity index (χ0) is 13.5. The second-order valence-electron chi connectivity index (χ2n) is 4.00. The van der Waals surface area contributed by atoms with Crippen LogP contribution < -0.4 is 10.5 Å². The molecule has 5 nitrogen and oxygen atoms in total. The molecule has 0 amide bonds. The summed E-state index contributed by atoms with van der Waals surface area (Å²) in [6, 6.07) is 3.48. The van der Waals surface area contributed by atoms with Gasteiger partial charge in [0.2, 0.25) is 5.88 Å². The maximum Gasteiger partial charge on any atom is 0.213 e. The number of halogens is 1. The summed E-state index contributed by atoms with van der Waals surface area (Å²) in [5.74, 6) is 3.38. The molecule has 0 aliphatic carbocycles. The molecule has 1 fully saturated rings. The molecule has 0 saturated carbocycles. The number of aliphatic imine (C=N–C) groups is 1. The van der Waals surface area contributed by atoms with Crippen molar-refractivity contribution in [2.75, 3.05) is 37.7 Å². The van der Waals surface area contributed by atoms with Crippen LogP contribution >= 0.6 is 23.4 Å². The number of thioether (sulfide) groups is 1. The molecule has 0 spiro atoms. The van der Waals surface area contributed by atoms with E-state index in [1.807, 2.05) is 11.8 Å². The lowest BCUT2D eigenvalue weighted by molar-refractivity contribution is 0.315. The molecule has 104 valence electrons. The number of rotatable bonds is 4. The van der Waals surface area contributed by atoms with Gasteiger partial charge in [0.1, 0.15) is 6.61 Å². The Labute approximate surface area is 122 Å². The Hall–Kier alpha value is -1.14. The van der Waals surface area contributed by atoms with Crippen LogP contribution in [-0.2, 0) is 0 Å². The van der Waals surface area contributed by atoms with E-state index in [2.05, 4.69) is 14.9 Å². The van der Waals surface area contributed by atoms with Gasteiger partial charge in [0.15, 0.2) is 5.96 Å². The number of nitrogens with zero attached hydrogens (tertiary/aromatic N) is 3. The lowest BCUT2D eigenvalue weighted by atomic mass is 10.5. The van der Waals surface area contributed by atoms with Gasteiger partial charge in [-0.15, -0.1) is 0 Å². The molecule has 1 aromatic heterocycles. The lowest BCUT2D eigenvalue weighted by Crippen LogP contribution is -2.42. The summed E-state index contributed by atoms with van der Waals surface area (Å²) < 4.78 is 5.44. The third-order valence-corrected chi connectivity index (χ3v) is 3.82. The maximum absolute atomic E-state index is 5.93. The van der Waals surface area contributed by atoms with Crippen LogP contribution in [0, 0.1) is 0 Å². The molecule has 2 N–H and O–H groups in total. The summed E-state index contributed by atoms with van der Waals surface area (Å²) in [7, 11) is 0. The predicted molar refractivity (Wildman–Crippen MR) is 80.1 cm³/mol. The van der Waals surface area contributed by atoms with E-state index < -0.39 is 0 Å². The number of hydrogen-bond acceptors (Lipinski definition) is 4. The smallest absolute Gasteiger partial charge is 0.213 e. The second-order valence-corrected chi connectivity index (χ2v) is 5.66. The zero-order valence-electron chi connectivity index (χ0n) is 10.6. The van der Waals surface area contributed by atoms with Crippen molar-refractivity contribution in [3.63, 3.8) is 0 Å². The second kappa shape index (κ2) is 7.45. The number of aromatic nitrogens is 1. The van der Waals surface area contributed by atoms with E-state index in [9.17, 15) is 0 Å². The lowest BCUT2D eigenvalue weighted by Gasteiger charge is -2.27. The number of ether oxygens (including phenoxy) is 1. The van der Waals surface area contributed by atoms with E-state index in [4.69, 9.17) is 22.1 Å². The van der Waals surface area contributed by atoms with Crippen LogP contribution in [-0.4, -0.2) is 53.6 Å². The molecule has 2 heterocycles. The Kier molecular flexibility index (Phi) is 5.60. The van der Waals surface area contributed by atoms with Crippen LogP contribution in [0.15, 0.2) is 23.3 Å². The van der Waals surface area contributed by atoms with Crippen molar-refractivity contribution in [1.29, 1.82) is 0 Å². The van der Waals surface area contributed by atoms with Gasteiger partial charge in [-0.2, -0.15) is 11.8 Å². The van der Waals surface area contributed by atoms with E-state index in [0.717, 1.165) is 24.6 Å². The number of guanidine groups is 1. The summed E-state index contributed by atoms with van der Waals surface area (Å²) in [5, 5.41) is 0.595. The van der Waals surface area contributed by atoms with Crippen molar-refractivity contribution < 1.29 is 4.74 Å². The van der Waals surface area contributed by atoms with Gasteiger partial charge in [0, 0.05) is 36.9 Å². The van der Waals surface area contributed by atoms with Crippen molar-refractivity contribution in [2.45, 2.75) is 0 Å². The highest BCUT2D eigenvalue weighted by atomic mass is 35.5. The maximum atomic E-state index is 5.93. The average molecular weight is 301 g/mol. The highest BCUT2D eigenvalue weighted by molar-refractivity contribution is 7.99. The topological polar surface area (TPSA) is 63.7 Å². The molecule has 1 aliphatic heterocycles. The standard InChI is InChI=1S/C12H17ClN4OS/c13-10-1-2-11(16-9-10)18-6-3-15-12(14)17-4-7-19-8-5-17/h1-2,9H,3-8H2,(H2,14,15). The van der Waals surface area contributed by atoms with E-state index in [-0.39, 0.29) is 0 Å². The minimum Gasteiger partial charge on any atom is -0.476 e. The molecule has 2 rings (SSSR count). The summed E-state index contributed by atoms with van der Waals surface area (Å²) in [5.41, 5.74) is 5.93. The quantitative estimate of drug-likeness (QED) is 0.518. The Morgan fingerprint density at radius 1 is 1.47 bits per heavy atom. The normalized spacial score (nSPS) is 16.5. The van der Waals surface area contributed by atoms with Crippen LogP contribution in [0.1, 0.15) is 0 Å². The number of nitrogens with two attached hydrogens (primary N) is 1. The van der Waals surface area contributed by atoms with Crippen LogP contribution in [0.5, 0.6) is 5.88 Å². The molecule has 0 atom stereocenters. The van der Waals surface area contributed by atoms with Crippen LogP contribution in [0.4, 0.5) is 0 Å². The Bertz CT molecular complexity index is 420. The first kappa shape index (κ1) is 14.3. The van der Waals surface area contributed by atoms with Gasteiger partial charge in [-0.1, -0.05) is 11.6 Å². The first-order chi connectivity index (χ1) is 9.25. The summed E-state index contributed by atoms with van der Waals surface area (Å²) in [6.45, 7) is 2.93. The minimum absolute atomic E-state index is 0.456. The molecule has 1 aromatic rings. The van der Waals surface area contributed by atoms with Crippen molar-refractivity contribution in [2.24, 2.45) is 10.7 Å². The molecule has 19 heavy (non-hydrogen) atoms. The van der Waals surface area contributed by atoms with E-state index in [0.29, 0.717) is 30.0 Å². The monoisotopic (exact) mass is 300 g/mol. The Morgan fingerprint density at radius 3 is 2.95 bits per heavy atom. The highest BCUT2D eigenvalue weighted by Gasteiger charge is 2.11. The molecule has 0 unspecified atom stereocenters. The first-order valence-electron chi connectivity index (χ1n) is 6.12. The third-order valence-electron chi connectivity index (χ3n) is 2.65. The molecule has 7 heteroatoms. The molecular weight excluding hydrogens is 284 g/mol. The van der Waals surface area contributed by atoms with Crippen LogP contribution in [0.2, 0.25) is 5.02 Å². The van der Waals surface area contributed by atoms with Crippen molar-refractivity contribution in [1.82, 2.24) is 9.88 Å². The number of hydrogen-bond donors (Lipinski definition) is 1. The zero-order valence-corrected chi connectivity index (χ0v) is 12.2. The molecule has 0 bridgehead atoms. The van der Waals surface area contributed by atoms with Gasteiger partial charge >= 0.3 is 0 Å². The summed E-state index contributed by atoms with van der Waals surface area (Å²) in [6.07, 6.45) is 1.56. The van der Waals surface area contributed by atoms with Crippen molar-refractivity contribution in [3.05, 3.63) is 23.4 Å². The van der Waals surface area contributed by atoms with Gasteiger partial charge in [0.25, 0.3) is 0 Å². The van der Waals surface area contributed by atoms with Gasteiger partial charge < -0.3 is 15.4 Å².